The van der Waals surface area contributed by atoms with E-state index >= 15 is 0 Å². The molecular formula is C12H18Cl2N2O. The maximum Gasteiger partial charge on any atom is 0.224 e. The Kier molecular flexibility index (Phi) is 7.96. The van der Waals surface area contributed by atoms with Crippen molar-refractivity contribution in [1.82, 2.24) is 5.32 Å². The Morgan fingerprint density at radius 1 is 1.53 bits per heavy atom. The Morgan fingerprint density at radius 2 is 2.24 bits per heavy atom. The van der Waals surface area contributed by atoms with E-state index in [1.807, 2.05) is 19.1 Å². The molecule has 0 aliphatic heterocycles. The summed E-state index contributed by atoms with van der Waals surface area (Å²) in [4.78, 5) is 11.5. The molecule has 3 N–H and O–H groups in total. The normalized spacial score (nSPS) is 11.5. The molecule has 1 aromatic rings. The lowest BCUT2D eigenvalue weighted by molar-refractivity contribution is -0.120. The van der Waals surface area contributed by atoms with E-state index in [0.717, 1.165) is 5.56 Å². The molecule has 5 heteroatoms. The van der Waals surface area contributed by atoms with Gasteiger partial charge in [-0.2, -0.15) is 0 Å². The van der Waals surface area contributed by atoms with Gasteiger partial charge in [0.1, 0.15) is 0 Å². The van der Waals surface area contributed by atoms with Gasteiger partial charge in [0.15, 0.2) is 0 Å². The van der Waals surface area contributed by atoms with Crippen LogP contribution in [0, 0.1) is 5.92 Å². The van der Waals surface area contributed by atoms with Crippen molar-refractivity contribution in [2.45, 2.75) is 13.3 Å². The molecule has 3 nitrogen and oxygen atoms in total. The van der Waals surface area contributed by atoms with Gasteiger partial charge in [-0.1, -0.05) is 30.7 Å². The highest BCUT2D eigenvalue weighted by Crippen LogP contribution is 2.10. The van der Waals surface area contributed by atoms with Crippen molar-refractivity contribution in [3.8, 4) is 0 Å². The summed E-state index contributed by atoms with van der Waals surface area (Å²) < 4.78 is 0. The third-order valence-corrected chi connectivity index (χ3v) is 2.54. The Labute approximate surface area is 113 Å². The monoisotopic (exact) mass is 276 g/mol. The molecule has 0 bridgehead atoms. The predicted octanol–water partition coefficient (Wildman–Crippen LogP) is 2.02. The molecule has 0 aliphatic carbocycles. The summed E-state index contributed by atoms with van der Waals surface area (Å²) in [5, 5.41) is 3.49. The number of nitrogens with one attached hydrogen (secondary N) is 1. The van der Waals surface area contributed by atoms with Crippen LogP contribution < -0.4 is 11.1 Å². The third kappa shape index (κ3) is 6.51. The molecule has 1 amide bonds. The second-order valence-corrected chi connectivity index (χ2v) is 4.39. The fourth-order valence-corrected chi connectivity index (χ4v) is 1.48. The van der Waals surface area contributed by atoms with Gasteiger partial charge >= 0.3 is 0 Å². The second-order valence-electron chi connectivity index (χ2n) is 3.95. The van der Waals surface area contributed by atoms with Gasteiger partial charge in [0.25, 0.3) is 0 Å². The zero-order valence-corrected chi connectivity index (χ0v) is 11.4. The molecule has 1 aromatic carbocycles. The summed E-state index contributed by atoms with van der Waals surface area (Å²) in [6, 6.07) is 7.32. The number of hydrogen-bond donors (Lipinski definition) is 2. The minimum absolute atomic E-state index is 0. The summed E-state index contributed by atoms with van der Waals surface area (Å²) in [6.07, 6.45) is 0.359. The highest BCUT2D eigenvalue weighted by Gasteiger charge is 2.05. The highest BCUT2D eigenvalue weighted by molar-refractivity contribution is 6.30. The molecule has 0 aliphatic rings. The maximum atomic E-state index is 11.5. The largest absolute Gasteiger partial charge is 0.356 e. The molecular weight excluding hydrogens is 259 g/mol. The number of carbonyl (C=O) groups excluding carboxylic acids is 1. The van der Waals surface area contributed by atoms with Crippen LogP contribution in [0.1, 0.15) is 12.5 Å². The number of amides is 1. The van der Waals surface area contributed by atoms with Crippen LogP contribution >= 0.6 is 24.0 Å². The van der Waals surface area contributed by atoms with Gasteiger partial charge in [-0.3, -0.25) is 4.79 Å². The van der Waals surface area contributed by atoms with E-state index < -0.39 is 0 Å². The van der Waals surface area contributed by atoms with Crippen molar-refractivity contribution in [2.75, 3.05) is 13.1 Å². The lowest BCUT2D eigenvalue weighted by Gasteiger charge is -2.10. The zero-order chi connectivity index (χ0) is 12.0. The lowest BCUT2D eigenvalue weighted by atomic mass is 10.1. The Bertz CT molecular complexity index is 358. The van der Waals surface area contributed by atoms with Crippen LogP contribution in [0.4, 0.5) is 0 Å². The Hall–Kier alpha value is -0.770. The summed E-state index contributed by atoms with van der Waals surface area (Å²) >= 11 is 5.83. The molecule has 0 heterocycles. The van der Waals surface area contributed by atoms with Crippen molar-refractivity contribution >= 4 is 29.9 Å². The molecule has 1 unspecified atom stereocenters. The van der Waals surface area contributed by atoms with Crippen LogP contribution in [-0.4, -0.2) is 19.0 Å². The van der Waals surface area contributed by atoms with Gasteiger partial charge in [0.05, 0.1) is 6.42 Å². The van der Waals surface area contributed by atoms with E-state index in [1.54, 1.807) is 12.1 Å². The summed E-state index contributed by atoms with van der Waals surface area (Å²) in [5.41, 5.74) is 6.38. The second kappa shape index (κ2) is 8.34. The molecule has 0 aromatic heterocycles. The van der Waals surface area contributed by atoms with Gasteiger partial charge in [-0.15, -0.1) is 12.4 Å². The molecule has 0 saturated carbocycles. The minimum Gasteiger partial charge on any atom is -0.356 e. The lowest BCUT2D eigenvalue weighted by Crippen LogP contribution is -2.32. The molecule has 96 valence electrons. The Balaban J connectivity index is 0.00000256. The first-order valence-corrected chi connectivity index (χ1v) is 5.71. The molecule has 0 spiro atoms. The van der Waals surface area contributed by atoms with E-state index in [4.69, 9.17) is 17.3 Å². The van der Waals surface area contributed by atoms with Gasteiger partial charge in [0, 0.05) is 11.6 Å². The maximum absolute atomic E-state index is 11.5. The van der Waals surface area contributed by atoms with Crippen molar-refractivity contribution in [3.05, 3.63) is 34.9 Å². The van der Waals surface area contributed by atoms with E-state index in [1.165, 1.54) is 0 Å². The summed E-state index contributed by atoms with van der Waals surface area (Å²) in [6.45, 7) is 3.20. The number of hydrogen-bond acceptors (Lipinski definition) is 2. The standard InChI is InChI=1S/C12H17ClN2O.ClH/c1-9(7-14)8-15-12(16)6-10-3-2-4-11(13)5-10;/h2-5,9H,6-8,14H2,1H3,(H,15,16);1H. The predicted molar refractivity (Wildman–Crippen MR) is 73.6 cm³/mol. The minimum atomic E-state index is 0. The number of rotatable bonds is 5. The summed E-state index contributed by atoms with van der Waals surface area (Å²) in [7, 11) is 0. The number of halogens is 2. The third-order valence-electron chi connectivity index (χ3n) is 2.30. The zero-order valence-electron chi connectivity index (χ0n) is 9.78. The fourth-order valence-electron chi connectivity index (χ4n) is 1.27. The summed E-state index contributed by atoms with van der Waals surface area (Å²) in [5.74, 6) is 0.311. The van der Waals surface area contributed by atoms with E-state index in [2.05, 4.69) is 5.32 Å². The van der Waals surface area contributed by atoms with Crippen molar-refractivity contribution in [2.24, 2.45) is 11.7 Å². The fraction of sp³-hybridized carbons (Fsp3) is 0.417. The molecule has 0 radical (unpaired) electrons. The molecule has 1 rings (SSSR count). The van der Waals surface area contributed by atoms with Crippen LogP contribution in [0.25, 0.3) is 0 Å². The number of nitrogens with two attached hydrogens (primary N) is 1. The van der Waals surface area contributed by atoms with Crippen LogP contribution in [0.5, 0.6) is 0 Å². The van der Waals surface area contributed by atoms with Crippen LogP contribution in [0.3, 0.4) is 0 Å². The smallest absolute Gasteiger partial charge is 0.224 e. The number of carbonyl (C=O) groups is 1. The van der Waals surface area contributed by atoms with E-state index in [-0.39, 0.29) is 18.3 Å². The molecule has 0 saturated heterocycles. The SMILES string of the molecule is CC(CN)CNC(=O)Cc1cccc(Cl)c1.Cl. The first kappa shape index (κ1) is 16.2. The highest BCUT2D eigenvalue weighted by atomic mass is 35.5. The average molecular weight is 277 g/mol. The van der Waals surface area contributed by atoms with E-state index in [9.17, 15) is 4.79 Å². The van der Waals surface area contributed by atoms with Crippen LogP contribution in [0.15, 0.2) is 24.3 Å². The molecule has 0 fully saturated rings. The molecule has 17 heavy (non-hydrogen) atoms. The van der Waals surface area contributed by atoms with Crippen LogP contribution in [0.2, 0.25) is 5.02 Å². The van der Waals surface area contributed by atoms with Gasteiger partial charge in [-0.05, 0) is 30.2 Å². The van der Waals surface area contributed by atoms with Crippen molar-refractivity contribution in [3.63, 3.8) is 0 Å². The number of benzene rings is 1. The van der Waals surface area contributed by atoms with Gasteiger partial charge in [0.2, 0.25) is 5.91 Å². The Morgan fingerprint density at radius 3 is 2.82 bits per heavy atom. The topological polar surface area (TPSA) is 55.1 Å². The first-order chi connectivity index (χ1) is 7.61. The van der Waals surface area contributed by atoms with Crippen LogP contribution in [-0.2, 0) is 11.2 Å². The quantitative estimate of drug-likeness (QED) is 0.865. The molecule has 1 atom stereocenters. The van der Waals surface area contributed by atoms with Crippen molar-refractivity contribution in [1.29, 1.82) is 0 Å². The van der Waals surface area contributed by atoms with Gasteiger partial charge < -0.3 is 11.1 Å². The van der Waals surface area contributed by atoms with Crippen molar-refractivity contribution < 1.29 is 4.79 Å². The first-order valence-electron chi connectivity index (χ1n) is 5.33. The van der Waals surface area contributed by atoms with E-state index in [0.29, 0.717) is 30.5 Å². The van der Waals surface area contributed by atoms with Gasteiger partial charge in [-0.25, -0.2) is 0 Å². The average Bonchev–Trinajstić information content (AvgIpc) is 2.26.